The van der Waals surface area contributed by atoms with Crippen LogP contribution in [-0.2, 0) is 0 Å². The van der Waals surface area contributed by atoms with E-state index in [1.807, 2.05) is 24.3 Å². The van der Waals surface area contributed by atoms with Gasteiger partial charge in [0, 0.05) is 5.56 Å². The summed E-state index contributed by atoms with van der Waals surface area (Å²) in [6.45, 7) is 1.79. The standard InChI is InChI=1S/C15H22O2/c1-12(16)14-10-6-7-11-15(14)17-13-8-4-2-3-5-9-13/h6-7,10-13,16H,2-5,8-9H2,1H3/t12-/m0/s1. The van der Waals surface area contributed by atoms with Crippen molar-refractivity contribution in [2.45, 2.75) is 57.7 Å². The third-order valence-corrected chi connectivity index (χ3v) is 3.46. The molecule has 0 aliphatic heterocycles. The number of hydrogen-bond acceptors (Lipinski definition) is 2. The summed E-state index contributed by atoms with van der Waals surface area (Å²) in [5, 5.41) is 9.71. The van der Waals surface area contributed by atoms with E-state index in [9.17, 15) is 5.11 Å². The highest BCUT2D eigenvalue weighted by molar-refractivity contribution is 5.34. The van der Waals surface area contributed by atoms with Crippen LogP contribution in [0.5, 0.6) is 5.75 Å². The van der Waals surface area contributed by atoms with E-state index >= 15 is 0 Å². The molecule has 0 radical (unpaired) electrons. The van der Waals surface area contributed by atoms with Crippen LogP contribution in [0.2, 0.25) is 0 Å². The summed E-state index contributed by atoms with van der Waals surface area (Å²) >= 11 is 0. The van der Waals surface area contributed by atoms with Crippen molar-refractivity contribution in [3.05, 3.63) is 29.8 Å². The zero-order chi connectivity index (χ0) is 12.1. The fourth-order valence-electron chi connectivity index (χ4n) is 2.47. The monoisotopic (exact) mass is 234 g/mol. The van der Waals surface area contributed by atoms with E-state index < -0.39 is 6.10 Å². The van der Waals surface area contributed by atoms with E-state index in [0.29, 0.717) is 6.10 Å². The van der Waals surface area contributed by atoms with Crippen molar-refractivity contribution in [2.75, 3.05) is 0 Å². The molecule has 0 bridgehead atoms. The number of rotatable bonds is 3. The second-order valence-corrected chi connectivity index (χ2v) is 4.95. The van der Waals surface area contributed by atoms with Gasteiger partial charge in [-0.15, -0.1) is 0 Å². The van der Waals surface area contributed by atoms with Gasteiger partial charge in [-0.2, -0.15) is 0 Å². The van der Waals surface area contributed by atoms with Crippen molar-refractivity contribution >= 4 is 0 Å². The van der Waals surface area contributed by atoms with Gasteiger partial charge in [-0.25, -0.2) is 0 Å². The first-order valence-corrected chi connectivity index (χ1v) is 6.71. The van der Waals surface area contributed by atoms with Gasteiger partial charge in [0.1, 0.15) is 5.75 Å². The molecule has 17 heavy (non-hydrogen) atoms. The first kappa shape index (κ1) is 12.4. The van der Waals surface area contributed by atoms with Crippen LogP contribution >= 0.6 is 0 Å². The van der Waals surface area contributed by atoms with Gasteiger partial charge in [0.15, 0.2) is 0 Å². The first-order chi connectivity index (χ1) is 8.27. The van der Waals surface area contributed by atoms with Crippen LogP contribution in [0.4, 0.5) is 0 Å². The largest absolute Gasteiger partial charge is 0.490 e. The van der Waals surface area contributed by atoms with Crippen LogP contribution in [0.25, 0.3) is 0 Å². The second kappa shape index (κ2) is 6.06. The molecule has 1 N–H and O–H groups in total. The van der Waals surface area contributed by atoms with Crippen LogP contribution in [0.15, 0.2) is 24.3 Å². The Morgan fingerprint density at radius 3 is 2.41 bits per heavy atom. The minimum absolute atomic E-state index is 0.331. The predicted molar refractivity (Wildman–Crippen MR) is 69.2 cm³/mol. The Morgan fingerprint density at radius 1 is 1.12 bits per heavy atom. The fourth-order valence-corrected chi connectivity index (χ4v) is 2.47. The second-order valence-electron chi connectivity index (χ2n) is 4.95. The third-order valence-electron chi connectivity index (χ3n) is 3.46. The van der Waals surface area contributed by atoms with Gasteiger partial charge in [0.25, 0.3) is 0 Å². The molecule has 94 valence electrons. The number of aliphatic hydroxyl groups is 1. The van der Waals surface area contributed by atoms with E-state index in [2.05, 4.69) is 0 Å². The molecule has 0 saturated heterocycles. The average molecular weight is 234 g/mol. The zero-order valence-corrected chi connectivity index (χ0v) is 10.6. The maximum Gasteiger partial charge on any atom is 0.125 e. The summed E-state index contributed by atoms with van der Waals surface area (Å²) in [6.07, 6.45) is 7.36. The molecule has 1 aromatic rings. The van der Waals surface area contributed by atoms with Gasteiger partial charge >= 0.3 is 0 Å². The minimum atomic E-state index is -0.461. The van der Waals surface area contributed by atoms with Gasteiger partial charge in [0.2, 0.25) is 0 Å². The molecule has 0 amide bonds. The van der Waals surface area contributed by atoms with Gasteiger partial charge in [-0.1, -0.05) is 31.0 Å². The Morgan fingerprint density at radius 2 is 1.76 bits per heavy atom. The Labute approximate surface area is 104 Å². The summed E-state index contributed by atoms with van der Waals surface area (Å²) in [5.74, 6) is 0.856. The molecule has 0 heterocycles. The fraction of sp³-hybridized carbons (Fsp3) is 0.600. The normalized spacial score (nSPS) is 19.6. The summed E-state index contributed by atoms with van der Waals surface area (Å²) < 4.78 is 6.07. The summed E-state index contributed by atoms with van der Waals surface area (Å²) in [4.78, 5) is 0. The van der Waals surface area contributed by atoms with E-state index in [1.54, 1.807) is 6.92 Å². The SMILES string of the molecule is C[C@H](O)c1ccccc1OC1CCCCCC1. The zero-order valence-electron chi connectivity index (χ0n) is 10.6. The number of aliphatic hydroxyl groups excluding tert-OH is 1. The Balaban J connectivity index is 2.06. The van der Waals surface area contributed by atoms with Crippen LogP contribution < -0.4 is 4.74 Å². The highest BCUT2D eigenvalue weighted by Gasteiger charge is 2.16. The minimum Gasteiger partial charge on any atom is -0.490 e. The van der Waals surface area contributed by atoms with Crippen LogP contribution in [0.3, 0.4) is 0 Å². The maximum absolute atomic E-state index is 9.71. The highest BCUT2D eigenvalue weighted by atomic mass is 16.5. The topological polar surface area (TPSA) is 29.5 Å². The molecule has 0 aromatic heterocycles. The average Bonchev–Trinajstić information content (AvgIpc) is 2.58. The molecule has 1 saturated carbocycles. The lowest BCUT2D eigenvalue weighted by Crippen LogP contribution is -2.16. The smallest absolute Gasteiger partial charge is 0.125 e. The Bertz CT molecular complexity index is 339. The van der Waals surface area contributed by atoms with E-state index in [1.165, 1.54) is 25.7 Å². The van der Waals surface area contributed by atoms with Crippen molar-refractivity contribution in [2.24, 2.45) is 0 Å². The molecule has 1 aliphatic rings. The van der Waals surface area contributed by atoms with Gasteiger partial charge in [-0.05, 0) is 38.7 Å². The van der Waals surface area contributed by atoms with E-state index in [4.69, 9.17) is 4.74 Å². The lowest BCUT2D eigenvalue weighted by Gasteiger charge is -2.20. The highest BCUT2D eigenvalue weighted by Crippen LogP contribution is 2.28. The third kappa shape index (κ3) is 3.47. The van der Waals surface area contributed by atoms with Crippen molar-refractivity contribution in [3.8, 4) is 5.75 Å². The molecule has 2 nitrogen and oxygen atoms in total. The number of hydrogen-bond donors (Lipinski definition) is 1. The lowest BCUT2D eigenvalue weighted by atomic mass is 10.1. The predicted octanol–water partition coefficient (Wildman–Crippen LogP) is 3.84. The molecular weight excluding hydrogens is 212 g/mol. The molecule has 1 aliphatic carbocycles. The lowest BCUT2D eigenvalue weighted by molar-refractivity contribution is 0.161. The Kier molecular flexibility index (Phi) is 4.43. The van der Waals surface area contributed by atoms with Crippen molar-refractivity contribution in [1.82, 2.24) is 0 Å². The molecule has 1 aromatic carbocycles. The first-order valence-electron chi connectivity index (χ1n) is 6.71. The Hall–Kier alpha value is -1.02. The molecule has 1 atom stereocenters. The number of para-hydroxylation sites is 1. The van der Waals surface area contributed by atoms with Gasteiger partial charge < -0.3 is 9.84 Å². The van der Waals surface area contributed by atoms with Crippen molar-refractivity contribution < 1.29 is 9.84 Å². The molecule has 2 heteroatoms. The van der Waals surface area contributed by atoms with E-state index in [-0.39, 0.29) is 0 Å². The molecule has 2 rings (SSSR count). The van der Waals surface area contributed by atoms with Crippen molar-refractivity contribution in [1.29, 1.82) is 0 Å². The molecule has 0 spiro atoms. The van der Waals surface area contributed by atoms with E-state index in [0.717, 1.165) is 24.2 Å². The molecule has 0 unspecified atom stereocenters. The maximum atomic E-state index is 9.71. The molecule has 1 fully saturated rings. The summed E-state index contributed by atoms with van der Waals surface area (Å²) in [7, 11) is 0. The number of benzene rings is 1. The van der Waals surface area contributed by atoms with Gasteiger partial charge in [-0.3, -0.25) is 0 Å². The summed E-state index contributed by atoms with van der Waals surface area (Å²) in [5.41, 5.74) is 0.900. The quantitative estimate of drug-likeness (QED) is 0.805. The van der Waals surface area contributed by atoms with Crippen LogP contribution in [-0.4, -0.2) is 11.2 Å². The van der Waals surface area contributed by atoms with Crippen LogP contribution in [0, 0.1) is 0 Å². The van der Waals surface area contributed by atoms with Crippen LogP contribution in [0.1, 0.15) is 57.1 Å². The van der Waals surface area contributed by atoms with Crippen molar-refractivity contribution in [3.63, 3.8) is 0 Å². The van der Waals surface area contributed by atoms with Gasteiger partial charge in [0.05, 0.1) is 12.2 Å². The number of ether oxygens (including phenoxy) is 1. The summed E-state index contributed by atoms with van der Waals surface area (Å²) in [6, 6.07) is 7.82. The molecular formula is C15H22O2.